The second-order valence-electron chi connectivity index (χ2n) is 4.61. The summed E-state index contributed by atoms with van der Waals surface area (Å²) in [5.41, 5.74) is 0.726. The Hall–Kier alpha value is -2.15. The van der Waals surface area contributed by atoms with Crippen molar-refractivity contribution in [2.75, 3.05) is 13.2 Å². The predicted octanol–water partition coefficient (Wildman–Crippen LogP) is 1.67. The van der Waals surface area contributed by atoms with Gasteiger partial charge in [-0.05, 0) is 30.1 Å². The van der Waals surface area contributed by atoms with E-state index in [0.717, 1.165) is 23.0 Å². The molecule has 2 aromatic rings. The van der Waals surface area contributed by atoms with E-state index in [9.17, 15) is 4.79 Å². The fraction of sp³-hybridized carbons (Fsp3) is 0.357. The van der Waals surface area contributed by atoms with Crippen LogP contribution in [0.15, 0.2) is 24.3 Å². The first-order valence-electron chi connectivity index (χ1n) is 6.76. The third kappa shape index (κ3) is 2.97. The molecule has 6 nitrogen and oxygen atoms in total. The Balaban J connectivity index is 1.58. The van der Waals surface area contributed by atoms with Crippen LogP contribution in [-0.4, -0.2) is 34.7 Å². The lowest BCUT2D eigenvalue weighted by Gasteiger charge is -2.26. The maximum Gasteiger partial charge on any atom is 0.265 e. The van der Waals surface area contributed by atoms with E-state index in [4.69, 9.17) is 9.47 Å². The highest BCUT2D eigenvalue weighted by Crippen LogP contribution is 2.30. The van der Waals surface area contributed by atoms with Crippen LogP contribution in [-0.2, 0) is 6.42 Å². The molecule has 0 saturated carbocycles. The third-order valence-electron chi connectivity index (χ3n) is 3.15. The summed E-state index contributed by atoms with van der Waals surface area (Å²) in [5, 5.41) is 6.78. The zero-order chi connectivity index (χ0) is 14.7. The van der Waals surface area contributed by atoms with Crippen LogP contribution in [0.3, 0.4) is 0 Å². The average Bonchev–Trinajstić information content (AvgIpc) is 3.01. The maximum atomic E-state index is 12.1. The minimum Gasteiger partial charge on any atom is -0.486 e. The number of fused-ring (bicyclic) bond motifs is 1. The molecule has 0 bridgehead atoms. The fourth-order valence-electron chi connectivity index (χ4n) is 2.06. The van der Waals surface area contributed by atoms with Gasteiger partial charge in [-0.15, -0.1) is 5.10 Å². The first kappa shape index (κ1) is 13.8. The number of carbonyl (C=O) groups excluding carboxylic acids is 1. The van der Waals surface area contributed by atoms with Crippen LogP contribution in [0.2, 0.25) is 0 Å². The normalized spacial score (nSPS) is 16.5. The summed E-state index contributed by atoms with van der Waals surface area (Å²) in [5.74, 6) is 1.28. The number of hydrogen-bond donors (Lipinski definition) is 1. The molecule has 1 atom stereocenters. The van der Waals surface area contributed by atoms with E-state index in [0.29, 0.717) is 30.2 Å². The number of aryl methyl sites for hydroxylation is 1. The Bertz CT molecular complexity index is 644. The topological polar surface area (TPSA) is 73.3 Å². The zero-order valence-corrected chi connectivity index (χ0v) is 12.4. The summed E-state index contributed by atoms with van der Waals surface area (Å²) in [6.45, 7) is 2.75. The molecule has 1 amide bonds. The van der Waals surface area contributed by atoms with Gasteiger partial charge in [0.25, 0.3) is 5.91 Å². The molecule has 2 heterocycles. The molecule has 21 heavy (non-hydrogen) atoms. The molecule has 0 radical (unpaired) electrons. The van der Waals surface area contributed by atoms with Gasteiger partial charge in [-0.3, -0.25) is 4.79 Å². The van der Waals surface area contributed by atoms with E-state index in [2.05, 4.69) is 14.9 Å². The molecule has 0 fully saturated rings. The van der Waals surface area contributed by atoms with Crippen LogP contribution in [0.4, 0.5) is 0 Å². The van der Waals surface area contributed by atoms with Crippen molar-refractivity contribution in [2.24, 2.45) is 0 Å². The van der Waals surface area contributed by atoms with Gasteiger partial charge in [0.05, 0.1) is 12.2 Å². The third-order valence-corrected chi connectivity index (χ3v) is 3.92. The molecule has 0 spiro atoms. The highest BCUT2D eigenvalue weighted by Gasteiger charge is 2.22. The Labute approximate surface area is 126 Å². The van der Waals surface area contributed by atoms with E-state index in [1.807, 2.05) is 31.2 Å². The summed E-state index contributed by atoms with van der Waals surface area (Å²) in [4.78, 5) is 12.7. The van der Waals surface area contributed by atoms with Crippen molar-refractivity contribution in [3.05, 3.63) is 34.8 Å². The van der Waals surface area contributed by atoms with Gasteiger partial charge in [0.2, 0.25) is 0 Å². The smallest absolute Gasteiger partial charge is 0.265 e. The number of nitrogens with zero attached hydrogens (tertiary/aromatic N) is 2. The largest absolute Gasteiger partial charge is 0.486 e. The predicted molar refractivity (Wildman–Crippen MR) is 78.0 cm³/mol. The number of hydrogen-bond acceptors (Lipinski definition) is 6. The lowest BCUT2D eigenvalue weighted by atomic mass is 10.2. The first-order valence-corrected chi connectivity index (χ1v) is 7.53. The monoisotopic (exact) mass is 305 g/mol. The highest BCUT2D eigenvalue weighted by molar-refractivity contribution is 7.08. The van der Waals surface area contributed by atoms with Crippen molar-refractivity contribution in [3.63, 3.8) is 0 Å². The number of para-hydroxylation sites is 2. The molecule has 0 aliphatic carbocycles. The molecule has 110 valence electrons. The van der Waals surface area contributed by atoms with Crippen molar-refractivity contribution < 1.29 is 14.3 Å². The molecule has 3 rings (SSSR count). The number of nitrogens with one attached hydrogen (secondary N) is 1. The van der Waals surface area contributed by atoms with Crippen LogP contribution in [0.25, 0.3) is 0 Å². The number of amides is 1. The number of aromatic nitrogens is 2. The molecule has 0 saturated heterocycles. The molecule has 1 aliphatic rings. The van der Waals surface area contributed by atoms with Crippen molar-refractivity contribution >= 4 is 17.4 Å². The van der Waals surface area contributed by atoms with Crippen molar-refractivity contribution in [3.8, 4) is 11.5 Å². The Kier molecular flexibility index (Phi) is 4.01. The van der Waals surface area contributed by atoms with Crippen LogP contribution in [0, 0.1) is 0 Å². The van der Waals surface area contributed by atoms with E-state index in [1.165, 1.54) is 0 Å². The van der Waals surface area contributed by atoms with Gasteiger partial charge in [0.15, 0.2) is 11.5 Å². The minimum atomic E-state index is -0.199. The maximum absolute atomic E-state index is 12.1. The van der Waals surface area contributed by atoms with Gasteiger partial charge in [0.1, 0.15) is 17.6 Å². The van der Waals surface area contributed by atoms with Gasteiger partial charge < -0.3 is 14.8 Å². The summed E-state index contributed by atoms with van der Waals surface area (Å²) in [7, 11) is 0. The molecule has 1 N–H and O–H groups in total. The average molecular weight is 305 g/mol. The number of ether oxygens (including phenoxy) is 2. The second-order valence-corrected chi connectivity index (χ2v) is 5.36. The van der Waals surface area contributed by atoms with Crippen molar-refractivity contribution in [1.82, 2.24) is 14.9 Å². The van der Waals surface area contributed by atoms with Crippen LogP contribution in [0.5, 0.6) is 11.5 Å². The van der Waals surface area contributed by atoms with E-state index in [-0.39, 0.29) is 12.0 Å². The number of benzene rings is 1. The summed E-state index contributed by atoms with van der Waals surface area (Å²) in [6, 6.07) is 7.50. The molecular weight excluding hydrogens is 290 g/mol. The van der Waals surface area contributed by atoms with Gasteiger partial charge in [-0.1, -0.05) is 23.5 Å². The van der Waals surface area contributed by atoms with E-state index >= 15 is 0 Å². The Morgan fingerprint density at radius 3 is 3.05 bits per heavy atom. The molecule has 1 aliphatic heterocycles. The first-order chi connectivity index (χ1) is 10.3. The fourth-order valence-corrected chi connectivity index (χ4v) is 2.73. The SMILES string of the molecule is CCc1nnsc1C(=O)NC[C@@H]1COc2ccccc2O1. The lowest BCUT2D eigenvalue weighted by Crippen LogP contribution is -2.40. The van der Waals surface area contributed by atoms with Crippen molar-refractivity contribution in [1.29, 1.82) is 0 Å². The van der Waals surface area contributed by atoms with Gasteiger partial charge in [-0.2, -0.15) is 0 Å². The van der Waals surface area contributed by atoms with Crippen molar-refractivity contribution in [2.45, 2.75) is 19.4 Å². The number of rotatable bonds is 4. The summed E-state index contributed by atoms with van der Waals surface area (Å²) >= 11 is 1.11. The van der Waals surface area contributed by atoms with Crippen LogP contribution >= 0.6 is 11.5 Å². The summed E-state index contributed by atoms with van der Waals surface area (Å²) < 4.78 is 15.2. The molecule has 1 aromatic heterocycles. The quantitative estimate of drug-likeness (QED) is 0.930. The Morgan fingerprint density at radius 1 is 1.43 bits per heavy atom. The van der Waals surface area contributed by atoms with E-state index in [1.54, 1.807) is 0 Å². The van der Waals surface area contributed by atoms with Crippen LogP contribution in [0.1, 0.15) is 22.3 Å². The van der Waals surface area contributed by atoms with Gasteiger partial charge >= 0.3 is 0 Å². The molecule has 1 aromatic carbocycles. The second kappa shape index (κ2) is 6.09. The minimum absolute atomic E-state index is 0.163. The Morgan fingerprint density at radius 2 is 2.24 bits per heavy atom. The van der Waals surface area contributed by atoms with Crippen LogP contribution < -0.4 is 14.8 Å². The standard InChI is InChI=1S/C14H15N3O3S/c1-2-10-13(21-17-16-10)14(18)15-7-9-8-19-11-5-3-4-6-12(11)20-9/h3-6,9H,2,7-8H2,1H3,(H,15,18)/t9-/m1/s1. The number of carbonyl (C=O) groups is 1. The summed E-state index contributed by atoms with van der Waals surface area (Å²) in [6.07, 6.45) is 0.491. The van der Waals surface area contributed by atoms with Gasteiger partial charge in [-0.25, -0.2) is 0 Å². The van der Waals surface area contributed by atoms with Gasteiger partial charge in [0, 0.05) is 0 Å². The molecule has 7 heteroatoms. The molecule has 0 unspecified atom stereocenters. The highest BCUT2D eigenvalue weighted by atomic mass is 32.1. The molecular formula is C14H15N3O3S. The lowest BCUT2D eigenvalue weighted by molar-refractivity contribution is 0.0791. The van der Waals surface area contributed by atoms with E-state index < -0.39 is 0 Å². The zero-order valence-electron chi connectivity index (χ0n) is 11.5.